The molecule has 0 saturated heterocycles. The maximum Gasteiger partial charge on any atom is 0.266 e. The summed E-state index contributed by atoms with van der Waals surface area (Å²) in [7, 11) is 3.29. The van der Waals surface area contributed by atoms with Crippen LogP contribution in [0.4, 0.5) is 5.69 Å². The van der Waals surface area contributed by atoms with E-state index in [0.29, 0.717) is 38.5 Å². The highest BCUT2D eigenvalue weighted by atomic mass is 35.5. The van der Waals surface area contributed by atoms with Gasteiger partial charge in [0.25, 0.3) is 17.4 Å². The van der Waals surface area contributed by atoms with E-state index in [1.165, 1.54) is 16.2 Å². The molecule has 4 rings (SSSR count). The Balaban J connectivity index is 1.66. The molecule has 29 heavy (non-hydrogen) atoms. The van der Waals surface area contributed by atoms with Gasteiger partial charge in [-0.2, -0.15) is 0 Å². The van der Waals surface area contributed by atoms with Gasteiger partial charge in [-0.1, -0.05) is 11.6 Å². The van der Waals surface area contributed by atoms with Crippen LogP contribution in [-0.4, -0.2) is 40.4 Å². The second-order valence-corrected chi connectivity index (χ2v) is 8.58. The molecule has 0 saturated carbocycles. The summed E-state index contributed by atoms with van der Waals surface area (Å²) in [5.74, 6) is 0.231. The summed E-state index contributed by atoms with van der Waals surface area (Å²) < 4.78 is 1.70. The number of nitrogens with one attached hydrogen (secondary N) is 1. The van der Waals surface area contributed by atoms with Crippen molar-refractivity contribution in [2.45, 2.75) is 26.3 Å². The molecule has 2 amide bonds. The van der Waals surface area contributed by atoms with E-state index in [1.807, 2.05) is 0 Å². The third-order valence-electron chi connectivity index (χ3n) is 4.98. The molecule has 0 fully saturated rings. The van der Waals surface area contributed by atoms with Crippen LogP contribution >= 0.6 is 22.9 Å². The van der Waals surface area contributed by atoms with Crippen molar-refractivity contribution in [1.29, 1.82) is 0 Å². The molecule has 0 aliphatic carbocycles. The Morgan fingerprint density at radius 2 is 2.07 bits per heavy atom. The lowest BCUT2D eigenvalue weighted by molar-refractivity contribution is 0.0827. The first-order valence-corrected chi connectivity index (χ1v) is 10.3. The predicted molar refractivity (Wildman–Crippen MR) is 114 cm³/mol. The van der Waals surface area contributed by atoms with Gasteiger partial charge in [0.2, 0.25) is 0 Å². The van der Waals surface area contributed by atoms with Gasteiger partial charge in [-0.3, -0.25) is 19.0 Å². The minimum Gasteiger partial charge on any atom is -0.345 e. The number of carbonyl (C=O) groups is 2. The lowest BCUT2D eigenvalue weighted by Gasteiger charge is -2.12. The molecule has 0 spiro atoms. The molecule has 1 N–H and O–H groups in total. The van der Waals surface area contributed by atoms with Crippen LogP contribution in [0, 0.1) is 6.92 Å². The Labute approximate surface area is 175 Å². The molecular formula is C20H19ClN4O3S. The Morgan fingerprint density at radius 1 is 1.31 bits per heavy atom. The number of nitrogens with zero attached hydrogens (tertiary/aromatic N) is 3. The minimum absolute atomic E-state index is 0.0788. The average Bonchev–Trinajstić information content (AvgIpc) is 3.26. The zero-order valence-electron chi connectivity index (χ0n) is 16.2. The molecule has 0 radical (unpaired) electrons. The fourth-order valence-corrected chi connectivity index (χ4v) is 4.83. The number of benzene rings is 1. The standard InChI is InChI=1S/C20H19ClN4O3S/c1-10-15-18(23-14-5-4-8-25(14)20(15)28)29-16(10)17(26)22-11-6-7-12(13(21)9-11)19(27)24(2)3/h6-7,9H,4-5,8H2,1-3H3,(H,22,26). The van der Waals surface area contributed by atoms with Gasteiger partial charge in [0.15, 0.2) is 0 Å². The van der Waals surface area contributed by atoms with Crippen molar-refractivity contribution < 1.29 is 9.59 Å². The summed E-state index contributed by atoms with van der Waals surface area (Å²) in [6.45, 7) is 2.44. The van der Waals surface area contributed by atoms with E-state index >= 15 is 0 Å². The molecular weight excluding hydrogens is 412 g/mol. The summed E-state index contributed by atoms with van der Waals surface area (Å²) >= 11 is 7.44. The van der Waals surface area contributed by atoms with Gasteiger partial charge in [-0.05, 0) is 37.1 Å². The van der Waals surface area contributed by atoms with Crippen LogP contribution in [0.2, 0.25) is 5.02 Å². The van der Waals surface area contributed by atoms with Crippen LogP contribution in [0.3, 0.4) is 0 Å². The summed E-state index contributed by atoms with van der Waals surface area (Å²) in [5.41, 5.74) is 1.39. The van der Waals surface area contributed by atoms with E-state index in [2.05, 4.69) is 10.3 Å². The van der Waals surface area contributed by atoms with E-state index < -0.39 is 0 Å². The van der Waals surface area contributed by atoms with Gasteiger partial charge in [0, 0.05) is 32.7 Å². The molecule has 3 aromatic rings. The molecule has 9 heteroatoms. The van der Waals surface area contributed by atoms with Crippen molar-refractivity contribution in [2.24, 2.45) is 0 Å². The number of halogens is 1. The van der Waals surface area contributed by atoms with Crippen molar-refractivity contribution >= 4 is 50.7 Å². The first-order chi connectivity index (χ1) is 13.8. The molecule has 0 bridgehead atoms. The van der Waals surface area contributed by atoms with Crippen molar-refractivity contribution in [3.8, 4) is 0 Å². The van der Waals surface area contributed by atoms with Crippen LogP contribution < -0.4 is 10.9 Å². The number of hydrogen-bond acceptors (Lipinski definition) is 5. The smallest absolute Gasteiger partial charge is 0.266 e. The van der Waals surface area contributed by atoms with Crippen LogP contribution in [-0.2, 0) is 13.0 Å². The predicted octanol–water partition coefficient (Wildman–Crippen LogP) is 3.32. The van der Waals surface area contributed by atoms with E-state index in [0.717, 1.165) is 18.7 Å². The number of hydrogen-bond donors (Lipinski definition) is 1. The van der Waals surface area contributed by atoms with Gasteiger partial charge in [-0.15, -0.1) is 11.3 Å². The number of rotatable bonds is 3. The van der Waals surface area contributed by atoms with Gasteiger partial charge in [0.1, 0.15) is 10.7 Å². The molecule has 1 aliphatic heterocycles. The highest BCUT2D eigenvalue weighted by Crippen LogP contribution is 2.30. The Hall–Kier alpha value is -2.71. The summed E-state index contributed by atoms with van der Waals surface area (Å²) in [6.07, 6.45) is 1.69. The van der Waals surface area contributed by atoms with Crippen LogP contribution in [0.1, 0.15) is 37.8 Å². The first kappa shape index (κ1) is 19.6. The number of aromatic nitrogens is 2. The Bertz CT molecular complexity index is 1230. The Morgan fingerprint density at radius 3 is 2.76 bits per heavy atom. The van der Waals surface area contributed by atoms with Crippen molar-refractivity contribution in [3.63, 3.8) is 0 Å². The van der Waals surface area contributed by atoms with Crippen molar-refractivity contribution in [1.82, 2.24) is 14.5 Å². The first-order valence-electron chi connectivity index (χ1n) is 9.13. The molecule has 1 aromatic carbocycles. The largest absolute Gasteiger partial charge is 0.345 e. The normalized spacial score (nSPS) is 12.8. The summed E-state index contributed by atoms with van der Waals surface area (Å²) in [5, 5.41) is 3.56. The number of aryl methyl sites for hydroxylation is 2. The zero-order chi connectivity index (χ0) is 20.9. The molecule has 0 unspecified atom stereocenters. The zero-order valence-corrected chi connectivity index (χ0v) is 17.8. The third-order valence-corrected chi connectivity index (χ3v) is 6.48. The monoisotopic (exact) mass is 430 g/mol. The van der Waals surface area contributed by atoms with E-state index in [-0.39, 0.29) is 22.4 Å². The van der Waals surface area contributed by atoms with Crippen LogP contribution in [0.25, 0.3) is 10.2 Å². The molecule has 2 aromatic heterocycles. The topological polar surface area (TPSA) is 84.3 Å². The SMILES string of the molecule is Cc1c(C(=O)Nc2ccc(C(=O)N(C)C)c(Cl)c2)sc2nc3n(c(=O)c12)CCC3. The lowest BCUT2D eigenvalue weighted by Crippen LogP contribution is -2.22. The minimum atomic E-state index is -0.335. The number of thiophene rings is 1. The van der Waals surface area contributed by atoms with E-state index in [1.54, 1.807) is 43.8 Å². The third kappa shape index (κ3) is 3.32. The fraction of sp³-hybridized carbons (Fsp3) is 0.300. The number of fused-ring (bicyclic) bond motifs is 2. The van der Waals surface area contributed by atoms with Crippen molar-refractivity contribution in [3.05, 3.63) is 55.4 Å². The maximum absolute atomic E-state index is 12.9. The molecule has 0 atom stereocenters. The molecule has 7 nitrogen and oxygen atoms in total. The molecule has 150 valence electrons. The Kier molecular flexibility index (Phi) is 4.92. The number of amides is 2. The number of anilines is 1. The fourth-order valence-electron chi connectivity index (χ4n) is 3.49. The highest BCUT2D eigenvalue weighted by Gasteiger charge is 2.23. The van der Waals surface area contributed by atoms with Gasteiger partial charge in [0.05, 0.1) is 20.8 Å². The second kappa shape index (κ2) is 7.27. The van der Waals surface area contributed by atoms with Gasteiger partial charge in [-0.25, -0.2) is 4.98 Å². The van der Waals surface area contributed by atoms with Crippen LogP contribution in [0.5, 0.6) is 0 Å². The molecule has 1 aliphatic rings. The average molecular weight is 431 g/mol. The van der Waals surface area contributed by atoms with Gasteiger partial charge >= 0.3 is 0 Å². The lowest BCUT2D eigenvalue weighted by atomic mass is 10.1. The number of carbonyl (C=O) groups excluding carboxylic acids is 2. The van der Waals surface area contributed by atoms with Crippen LogP contribution in [0.15, 0.2) is 23.0 Å². The molecule has 3 heterocycles. The van der Waals surface area contributed by atoms with Gasteiger partial charge < -0.3 is 10.2 Å². The van der Waals surface area contributed by atoms with E-state index in [9.17, 15) is 14.4 Å². The quantitative estimate of drug-likeness (QED) is 0.690. The summed E-state index contributed by atoms with van der Waals surface area (Å²) in [6, 6.07) is 4.75. The summed E-state index contributed by atoms with van der Waals surface area (Å²) in [4.78, 5) is 44.8. The maximum atomic E-state index is 12.9. The van der Waals surface area contributed by atoms with Crippen molar-refractivity contribution in [2.75, 3.05) is 19.4 Å². The van der Waals surface area contributed by atoms with E-state index in [4.69, 9.17) is 11.6 Å². The highest BCUT2D eigenvalue weighted by molar-refractivity contribution is 7.20. The second-order valence-electron chi connectivity index (χ2n) is 7.17.